The van der Waals surface area contributed by atoms with Crippen molar-refractivity contribution in [2.75, 3.05) is 6.61 Å². The summed E-state index contributed by atoms with van der Waals surface area (Å²) >= 11 is 0. The van der Waals surface area contributed by atoms with Crippen molar-refractivity contribution in [2.24, 2.45) is 34.5 Å². The van der Waals surface area contributed by atoms with E-state index in [0.717, 1.165) is 32.1 Å². The maximum Gasteiger partial charge on any atom is 0.303 e. The molecule has 152 valence electrons. The second kappa shape index (κ2) is 6.67. The van der Waals surface area contributed by atoms with Crippen LogP contribution in [0.1, 0.15) is 66.2 Å². The summed E-state index contributed by atoms with van der Waals surface area (Å²) in [7, 11) is 0. The highest BCUT2D eigenvalue weighted by Crippen LogP contribution is 2.65. The van der Waals surface area contributed by atoms with Crippen LogP contribution in [0, 0.1) is 34.5 Å². The normalized spacial score (nSPS) is 41.9. The van der Waals surface area contributed by atoms with Crippen LogP contribution in [0.4, 0.5) is 0 Å². The Morgan fingerprint density at radius 3 is 2.71 bits per heavy atom. The van der Waals surface area contributed by atoms with Gasteiger partial charge in [-0.15, -0.1) is 0 Å². The molecule has 6 atom stereocenters. The summed E-state index contributed by atoms with van der Waals surface area (Å²) < 4.78 is 5.05. The van der Waals surface area contributed by atoms with Crippen LogP contribution in [0.15, 0.2) is 23.3 Å². The second-order valence-electron chi connectivity index (χ2n) is 10.0. The molecule has 2 fully saturated rings. The number of fused-ring (bicyclic) bond motifs is 5. The average molecular weight is 385 g/mol. The molecule has 2 saturated carbocycles. The van der Waals surface area contributed by atoms with Crippen LogP contribution in [0.25, 0.3) is 0 Å². The molecule has 4 heteroatoms. The van der Waals surface area contributed by atoms with Crippen molar-refractivity contribution in [1.82, 2.24) is 0 Å². The minimum Gasteiger partial charge on any atom is -0.458 e. The maximum atomic E-state index is 13.0. The Morgan fingerprint density at radius 2 is 2.00 bits per heavy atom. The fraction of sp³-hybridized carbons (Fsp3) is 0.708. The Hall–Kier alpha value is -1.71. The third-order valence-electron chi connectivity index (χ3n) is 8.44. The first kappa shape index (κ1) is 19.6. The highest BCUT2D eigenvalue weighted by molar-refractivity contribution is 5.92. The molecule has 4 rings (SSSR count). The highest BCUT2D eigenvalue weighted by Gasteiger charge is 2.59. The zero-order valence-electron chi connectivity index (χ0n) is 17.5. The van der Waals surface area contributed by atoms with Crippen molar-refractivity contribution in [2.45, 2.75) is 66.2 Å². The molecule has 0 aromatic rings. The van der Waals surface area contributed by atoms with Gasteiger partial charge in [0.05, 0.1) is 0 Å². The van der Waals surface area contributed by atoms with Crippen LogP contribution in [-0.4, -0.2) is 24.1 Å². The second-order valence-corrected chi connectivity index (χ2v) is 10.0. The summed E-state index contributed by atoms with van der Waals surface area (Å²) in [5.41, 5.74) is 2.82. The van der Waals surface area contributed by atoms with Gasteiger partial charge >= 0.3 is 5.97 Å². The van der Waals surface area contributed by atoms with E-state index in [1.807, 2.05) is 6.08 Å². The van der Waals surface area contributed by atoms with E-state index >= 15 is 0 Å². The molecule has 0 aromatic heterocycles. The summed E-state index contributed by atoms with van der Waals surface area (Å²) in [5, 5.41) is 0. The monoisotopic (exact) mass is 384 g/mol. The minimum absolute atomic E-state index is 0.0290. The summed E-state index contributed by atoms with van der Waals surface area (Å²) in [4.78, 5) is 36.1. The number of hydrogen-bond acceptors (Lipinski definition) is 4. The van der Waals surface area contributed by atoms with E-state index in [9.17, 15) is 14.4 Å². The molecule has 0 aliphatic heterocycles. The van der Waals surface area contributed by atoms with Crippen molar-refractivity contribution < 1.29 is 19.1 Å². The predicted octanol–water partition coefficient (Wildman–Crippen LogP) is 4.43. The van der Waals surface area contributed by atoms with Crippen molar-refractivity contribution >= 4 is 17.5 Å². The lowest BCUT2D eigenvalue weighted by Gasteiger charge is -2.53. The zero-order valence-corrected chi connectivity index (χ0v) is 17.5. The summed E-state index contributed by atoms with van der Waals surface area (Å²) in [5.74, 6) is 1.22. The van der Waals surface area contributed by atoms with Crippen LogP contribution >= 0.6 is 0 Å². The fourth-order valence-corrected chi connectivity index (χ4v) is 7.17. The molecule has 0 amide bonds. The number of carbonyl (C=O) groups is 3. The Morgan fingerprint density at radius 1 is 1.25 bits per heavy atom. The van der Waals surface area contributed by atoms with E-state index in [1.54, 1.807) is 0 Å². The van der Waals surface area contributed by atoms with Gasteiger partial charge in [-0.2, -0.15) is 0 Å². The number of carbonyl (C=O) groups excluding carboxylic acids is 3. The first-order chi connectivity index (χ1) is 13.2. The first-order valence-electron chi connectivity index (χ1n) is 10.8. The van der Waals surface area contributed by atoms with E-state index in [1.165, 1.54) is 18.1 Å². The summed E-state index contributed by atoms with van der Waals surface area (Å²) in [6.07, 6.45) is 9.94. The average Bonchev–Trinajstić information content (AvgIpc) is 2.90. The Balaban J connectivity index is 1.65. The molecule has 4 aliphatic rings. The van der Waals surface area contributed by atoms with Crippen LogP contribution < -0.4 is 0 Å². The molecule has 0 radical (unpaired) electrons. The SMILES string of the molecule is CC(=O)OCC(=O)C1C(C)CC2C3CCC4=CC(=O)CCC4(C)C3=CCC21C. The first-order valence-corrected chi connectivity index (χ1v) is 10.8. The molecule has 0 heterocycles. The number of esters is 1. The highest BCUT2D eigenvalue weighted by atomic mass is 16.5. The quantitative estimate of drug-likeness (QED) is 0.533. The fourth-order valence-electron chi connectivity index (χ4n) is 7.17. The summed E-state index contributed by atoms with van der Waals surface area (Å²) in [6, 6.07) is 0. The van der Waals surface area contributed by atoms with Crippen molar-refractivity contribution in [3.8, 4) is 0 Å². The lowest BCUT2D eigenvalue weighted by atomic mass is 9.51. The Kier molecular flexibility index (Phi) is 4.67. The van der Waals surface area contributed by atoms with Crippen LogP contribution in [-0.2, 0) is 19.1 Å². The third kappa shape index (κ3) is 2.83. The van der Waals surface area contributed by atoms with E-state index in [-0.39, 0.29) is 34.9 Å². The van der Waals surface area contributed by atoms with Gasteiger partial charge in [0.2, 0.25) is 0 Å². The van der Waals surface area contributed by atoms with Crippen LogP contribution in [0.3, 0.4) is 0 Å². The van der Waals surface area contributed by atoms with E-state index in [4.69, 9.17) is 4.74 Å². The summed E-state index contributed by atoms with van der Waals surface area (Å²) in [6.45, 7) is 8.06. The molecular formula is C24H32O4. The van der Waals surface area contributed by atoms with Gasteiger partial charge in [-0.05, 0) is 61.3 Å². The molecule has 4 aliphatic carbocycles. The lowest BCUT2D eigenvalue weighted by Crippen LogP contribution is -2.46. The largest absolute Gasteiger partial charge is 0.458 e. The van der Waals surface area contributed by atoms with Crippen molar-refractivity contribution in [3.05, 3.63) is 23.3 Å². The van der Waals surface area contributed by atoms with Gasteiger partial charge in [0.1, 0.15) is 6.61 Å². The smallest absolute Gasteiger partial charge is 0.303 e. The number of rotatable bonds is 3. The van der Waals surface area contributed by atoms with Gasteiger partial charge in [0.25, 0.3) is 0 Å². The molecule has 28 heavy (non-hydrogen) atoms. The molecule has 0 saturated heterocycles. The van der Waals surface area contributed by atoms with E-state index in [2.05, 4.69) is 26.8 Å². The Labute approximate surface area is 167 Å². The predicted molar refractivity (Wildman–Crippen MR) is 106 cm³/mol. The maximum absolute atomic E-state index is 13.0. The number of hydrogen-bond donors (Lipinski definition) is 0. The van der Waals surface area contributed by atoms with Gasteiger partial charge < -0.3 is 4.74 Å². The van der Waals surface area contributed by atoms with Gasteiger partial charge in [-0.1, -0.05) is 38.0 Å². The van der Waals surface area contributed by atoms with Gasteiger partial charge in [0, 0.05) is 24.7 Å². The Bertz CT molecular complexity index is 790. The van der Waals surface area contributed by atoms with E-state index in [0.29, 0.717) is 24.2 Å². The van der Waals surface area contributed by atoms with Gasteiger partial charge in [-0.3, -0.25) is 14.4 Å². The molecular weight excluding hydrogens is 352 g/mol. The molecule has 0 aromatic carbocycles. The number of Topliss-reactive ketones (excluding diaryl/α,β-unsaturated/α-hetero) is 1. The van der Waals surface area contributed by atoms with Crippen molar-refractivity contribution in [1.29, 1.82) is 0 Å². The molecule has 4 nitrogen and oxygen atoms in total. The molecule has 0 spiro atoms. The van der Waals surface area contributed by atoms with Gasteiger partial charge in [-0.25, -0.2) is 0 Å². The van der Waals surface area contributed by atoms with Crippen LogP contribution in [0.5, 0.6) is 0 Å². The topological polar surface area (TPSA) is 60.4 Å². The van der Waals surface area contributed by atoms with Gasteiger partial charge in [0.15, 0.2) is 11.6 Å². The lowest BCUT2D eigenvalue weighted by molar-refractivity contribution is -0.148. The zero-order chi connectivity index (χ0) is 20.3. The molecule has 0 N–H and O–H groups in total. The number of ether oxygens (including phenoxy) is 1. The molecule has 6 unspecified atom stereocenters. The molecule has 0 bridgehead atoms. The number of ketones is 2. The number of allylic oxidation sites excluding steroid dienone is 4. The van der Waals surface area contributed by atoms with E-state index < -0.39 is 5.97 Å². The minimum atomic E-state index is -0.391. The third-order valence-corrected chi connectivity index (χ3v) is 8.44. The van der Waals surface area contributed by atoms with Crippen LogP contribution in [0.2, 0.25) is 0 Å². The standard InChI is InChI=1S/C24H32O4/c1-14-11-20-18-6-5-16-12-17(26)7-9-23(16,3)19(18)8-10-24(20,4)22(14)21(27)13-28-15(2)25/h8,12,14,18,20,22H,5-7,9-11,13H2,1-4H3. The van der Waals surface area contributed by atoms with Crippen molar-refractivity contribution in [3.63, 3.8) is 0 Å².